The van der Waals surface area contributed by atoms with Crippen molar-refractivity contribution in [3.8, 4) is 5.75 Å². The minimum Gasteiger partial charge on any atom is -0.507 e. The van der Waals surface area contributed by atoms with Crippen LogP contribution >= 0.6 is 15.9 Å². The molecular formula is C14H18BrNO3. The zero-order valence-electron chi connectivity index (χ0n) is 10.7. The van der Waals surface area contributed by atoms with Gasteiger partial charge in [-0.25, -0.2) is 0 Å². The highest BCUT2D eigenvalue weighted by Gasteiger charge is 2.33. The molecule has 104 valence electrons. The van der Waals surface area contributed by atoms with Gasteiger partial charge in [0.05, 0.1) is 17.7 Å². The number of hydrogen-bond donors (Lipinski definition) is 3. The lowest BCUT2D eigenvalue weighted by atomic mass is 9.82. The van der Waals surface area contributed by atoms with Gasteiger partial charge in [0, 0.05) is 4.47 Å². The summed E-state index contributed by atoms with van der Waals surface area (Å²) < 4.78 is 0.719. The molecule has 5 heteroatoms. The van der Waals surface area contributed by atoms with Crippen molar-refractivity contribution in [2.75, 3.05) is 6.61 Å². The van der Waals surface area contributed by atoms with Crippen molar-refractivity contribution in [1.82, 2.24) is 5.32 Å². The number of aromatic hydroxyl groups is 1. The monoisotopic (exact) mass is 327 g/mol. The molecule has 0 bridgehead atoms. The summed E-state index contributed by atoms with van der Waals surface area (Å²) in [6.07, 6.45) is 4.72. The van der Waals surface area contributed by atoms with Crippen LogP contribution in [-0.2, 0) is 0 Å². The summed E-state index contributed by atoms with van der Waals surface area (Å²) in [5.74, 6) is -0.392. The molecule has 1 aromatic carbocycles. The van der Waals surface area contributed by atoms with Gasteiger partial charge >= 0.3 is 0 Å². The van der Waals surface area contributed by atoms with Crippen molar-refractivity contribution < 1.29 is 15.0 Å². The number of carbonyl (C=O) groups is 1. The Labute approximate surface area is 121 Å². The van der Waals surface area contributed by atoms with Gasteiger partial charge in [0.25, 0.3) is 5.91 Å². The Bertz CT molecular complexity index is 470. The number of amides is 1. The van der Waals surface area contributed by atoms with E-state index in [-0.39, 0.29) is 23.8 Å². The summed E-state index contributed by atoms with van der Waals surface area (Å²) in [5, 5.41) is 22.3. The average molecular weight is 328 g/mol. The van der Waals surface area contributed by atoms with Crippen LogP contribution in [0.2, 0.25) is 0 Å². The van der Waals surface area contributed by atoms with Crippen molar-refractivity contribution in [3.63, 3.8) is 0 Å². The first kappa shape index (κ1) is 14.3. The van der Waals surface area contributed by atoms with E-state index in [9.17, 15) is 15.0 Å². The zero-order valence-corrected chi connectivity index (χ0v) is 12.2. The molecule has 0 spiro atoms. The summed E-state index contributed by atoms with van der Waals surface area (Å²) in [6.45, 7) is -0.0595. The van der Waals surface area contributed by atoms with Gasteiger partial charge in [-0.15, -0.1) is 0 Å². The van der Waals surface area contributed by atoms with Gasteiger partial charge in [0.1, 0.15) is 5.75 Å². The number of halogens is 1. The van der Waals surface area contributed by atoms with Crippen molar-refractivity contribution in [2.45, 2.75) is 37.6 Å². The predicted octanol–water partition coefficient (Wildman–Crippen LogP) is 2.58. The number of aliphatic hydroxyl groups excluding tert-OH is 1. The van der Waals surface area contributed by atoms with Crippen LogP contribution in [0, 0.1) is 0 Å². The van der Waals surface area contributed by atoms with Crippen LogP contribution in [0.3, 0.4) is 0 Å². The fourth-order valence-corrected chi connectivity index (χ4v) is 2.91. The maximum atomic E-state index is 12.2. The van der Waals surface area contributed by atoms with Crippen LogP contribution in [0.15, 0.2) is 22.7 Å². The van der Waals surface area contributed by atoms with Gasteiger partial charge in [-0.05, 0) is 31.0 Å². The summed E-state index contributed by atoms with van der Waals surface area (Å²) in [4.78, 5) is 12.2. The Morgan fingerprint density at radius 3 is 2.58 bits per heavy atom. The molecule has 0 atom stereocenters. The summed E-state index contributed by atoms with van der Waals surface area (Å²) in [6, 6.07) is 4.77. The number of phenolic OH excluding ortho intramolecular Hbond substituents is 1. The number of hydrogen-bond acceptors (Lipinski definition) is 3. The van der Waals surface area contributed by atoms with Crippen LogP contribution in [0.5, 0.6) is 5.75 Å². The molecule has 3 N–H and O–H groups in total. The molecule has 1 amide bonds. The highest BCUT2D eigenvalue weighted by molar-refractivity contribution is 9.10. The number of benzene rings is 1. The molecule has 1 fully saturated rings. The molecule has 4 nitrogen and oxygen atoms in total. The van der Waals surface area contributed by atoms with Gasteiger partial charge in [0.2, 0.25) is 0 Å². The van der Waals surface area contributed by atoms with Gasteiger partial charge in [-0.3, -0.25) is 4.79 Å². The Hall–Kier alpha value is -1.07. The minimum atomic E-state index is -0.533. The second-order valence-electron chi connectivity index (χ2n) is 5.11. The molecular weight excluding hydrogens is 310 g/mol. The van der Waals surface area contributed by atoms with E-state index < -0.39 is 5.54 Å². The van der Waals surface area contributed by atoms with E-state index in [4.69, 9.17) is 0 Å². The first-order valence-corrected chi connectivity index (χ1v) is 7.27. The van der Waals surface area contributed by atoms with Crippen LogP contribution < -0.4 is 5.32 Å². The van der Waals surface area contributed by atoms with Gasteiger partial charge in [-0.2, -0.15) is 0 Å². The lowest BCUT2D eigenvalue weighted by Gasteiger charge is -2.36. The van der Waals surface area contributed by atoms with Crippen molar-refractivity contribution in [1.29, 1.82) is 0 Å². The number of phenols is 1. The predicted molar refractivity (Wildman–Crippen MR) is 76.2 cm³/mol. The molecule has 1 aromatic rings. The topological polar surface area (TPSA) is 69.6 Å². The smallest absolute Gasteiger partial charge is 0.255 e. The molecule has 0 heterocycles. The van der Waals surface area contributed by atoms with E-state index in [0.717, 1.165) is 36.6 Å². The quantitative estimate of drug-likeness (QED) is 0.799. The van der Waals surface area contributed by atoms with E-state index >= 15 is 0 Å². The van der Waals surface area contributed by atoms with E-state index in [2.05, 4.69) is 21.2 Å². The molecule has 2 rings (SSSR count). The van der Waals surface area contributed by atoms with Crippen molar-refractivity contribution >= 4 is 21.8 Å². The first-order valence-electron chi connectivity index (χ1n) is 6.48. The van der Waals surface area contributed by atoms with Gasteiger partial charge in [-0.1, -0.05) is 35.2 Å². The molecule has 0 saturated heterocycles. The number of rotatable bonds is 3. The molecule has 0 aliphatic heterocycles. The standard InChI is InChI=1S/C14H18BrNO3/c15-10-4-5-11(12(18)8-10)13(19)16-14(9-17)6-2-1-3-7-14/h4-5,8,17-18H,1-3,6-7,9H2,(H,16,19). The molecule has 1 aliphatic carbocycles. The minimum absolute atomic E-state index is 0.0595. The third-order valence-electron chi connectivity index (χ3n) is 3.70. The maximum Gasteiger partial charge on any atom is 0.255 e. The van der Waals surface area contributed by atoms with Gasteiger partial charge < -0.3 is 15.5 Å². The molecule has 19 heavy (non-hydrogen) atoms. The molecule has 0 unspecified atom stereocenters. The Balaban J connectivity index is 2.15. The van der Waals surface area contributed by atoms with Crippen LogP contribution in [0.4, 0.5) is 0 Å². The lowest BCUT2D eigenvalue weighted by molar-refractivity contribution is 0.0756. The number of nitrogens with one attached hydrogen (secondary N) is 1. The first-order chi connectivity index (χ1) is 9.06. The molecule has 0 aromatic heterocycles. The average Bonchev–Trinajstić information content (AvgIpc) is 2.39. The van der Waals surface area contributed by atoms with E-state index in [1.807, 2.05) is 0 Å². The Morgan fingerprint density at radius 1 is 1.32 bits per heavy atom. The molecule has 1 saturated carbocycles. The van der Waals surface area contributed by atoms with Crippen LogP contribution in [-0.4, -0.2) is 28.3 Å². The molecule has 0 radical (unpaired) electrons. The highest BCUT2D eigenvalue weighted by atomic mass is 79.9. The lowest BCUT2D eigenvalue weighted by Crippen LogP contribution is -2.52. The second-order valence-corrected chi connectivity index (χ2v) is 6.03. The summed E-state index contributed by atoms with van der Waals surface area (Å²) in [7, 11) is 0. The Kier molecular flexibility index (Phi) is 4.47. The van der Waals surface area contributed by atoms with Crippen molar-refractivity contribution in [3.05, 3.63) is 28.2 Å². The van der Waals surface area contributed by atoms with E-state index in [0.29, 0.717) is 0 Å². The fraction of sp³-hybridized carbons (Fsp3) is 0.500. The third kappa shape index (κ3) is 3.28. The zero-order chi connectivity index (χ0) is 13.9. The van der Waals surface area contributed by atoms with Crippen LogP contribution in [0.25, 0.3) is 0 Å². The maximum absolute atomic E-state index is 12.2. The van der Waals surface area contributed by atoms with Crippen LogP contribution in [0.1, 0.15) is 42.5 Å². The molecule has 1 aliphatic rings. The van der Waals surface area contributed by atoms with Gasteiger partial charge in [0.15, 0.2) is 0 Å². The second kappa shape index (κ2) is 5.92. The summed E-state index contributed by atoms with van der Waals surface area (Å²) in [5.41, 5.74) is -0.295. The largest absolute Gasteiger partial charge is 0.507 e. The van der Waals surface area contributed by atoms with E-state index in [1.54, 1.807) is 12.1 Å². The third-order valence-corrected chi connectivity index (χ3v) is 4.19. The van der Waals surface area contributed by atoms with E-state index in [1.165, 1.54) is 6.07 Å². The highest BCUT2D eigenvalue weighted by Crippen LogP contribution is 2.29. The number of aliphatic hydroxyl groups is 1. The Morgan fingerprint density at radius 2 is 2.00 bits per heavy atom. The van der Waals surface area contributed by atoms with Crippen molar-refractivity contribution in [2.24, 2.45) is 0 Å². The summed E-state index contributed by atoms with van der Waals surface area (Å²) >= 11 is 3.24. The number of carbonyl (C=O) groups excluding carboxylic acids is 1. The normalized spacial score (nSPS) is 18.0. The fourth-order valence-electron chi connectivity index (χ4n) is 2.56. The SMILES string of the molecule is O=C(NC1(CO)CCCCC1)c1ccc(Br)cc1O.